The molecular formula is C15H22N2O. The van der Waals surface area contributed by atoms with Crippen molar-refractivity contribution in [2.24, 2.45) is 5.73 Å². The number of carbonyl (C=O) groups is 1. The van der Waals surface area contributed by atoms with E-state index in [-0.39, 0.29) is 5.91 Å². The van der Waals surface area contributed by atoms with Crippen molar-refractivity contribution < 1.29 is 4.79 Å². The zero-order valence-corrected chi connectivity index (χ0v) is 11.0. The molecule has 0 saturated carbocycles. The van der Waals surface area contributed by atoms with Gasteiger partial charge in [0.05, 0.1) is 6.04 Å². The van der Waals surface area contributed by atoms with Crippen molar-refractivity contribution in [3.8, 4) is 0 Å². The summed E-state index contributed by atoms with van der Waals surface area (Å²) >= 11 is 0. The Morgan fingerprint density at radius 1 is 1.44 bits per heavy atom. The second kappa shape index (κ2) is 7.67. The van der Waals surface area contributed by atoms with Gasteiger partial charge in [-0.25, -0.2) is 0 Å². The van der Waals surface area contributed by atoms with Gasteiger partial charge in [0.15, 0.2) is 0 Å². The van der Waals surface area contributed by atoms with Gasteiger partial charge in [0, 0.05) is 13.1 Å². The second-order valence-corrected chi connectivity index (χ2v) is 4.37. The van der Waals surface area contributed by atoms with Gasteiger partial charge in [-0.2, -0.15) is 0 Å². The lowest BCUT2D eigenvalue weighted by molar-refractivity contribution is -0.132. The third-order valence-corrected chi connectivity index (χ3v) is 2.77. The molecule has 0 spiro atoms. The Labute approximate surface area is 109 Å². The molecule has 0 saturated heterocycles. The van der Waals surface area contributed by atoms with Gasteiger partial charge in [-0.3, -0.25) is 4.79 Å². The number of hydrogen-bond donors (Lipinski definition) is 1. The van der Waals surface area contributed by atoms with Gasteiger partial charge in [0.2, 0.25) is 5.91 Å². The molecule has 0 aromatic heterocycles. The highest BCUT2D eigenvalue weighted by atomic mass is 16.2. The van der Waals surface area contributed by atoms with Crippen molar-refractivity contribution in [2.45, 2.75) is 25.8 Å². The van der Waals surface area contributed by atoms with Crippen molar-refractivity contribution in [1.82, 2.24) is 4.90 Å². The summed E-state index contributed by atoms with van der Waals surface area (Å²) in [6.07, 6.45) is 3.25. The Morgan fingerprint density at radius 2 is 2.11 bits per heavy atom. The number of benzene rings is 1. The Bertz CT molecular complexity index is 375. The molecule has 3 heteroatoms. The van der Waals surface area contributed by atoms with Crippen LogP contribution in [0.25, 0.3) is 0 Å². The summed E-state index contributed by atoms with van der Waals surface area (Å²) in [5.74, 6) is 0.000558. The fourth-order valence-electron chi connectivity index (χ4n) is 1.91. The molecule has 3 nitrogen and oxygen atoms in total. The van der Waals surface area contributed by atoms with Crippen LogP contribution in [0.5, 0.6) is 0 Å². The van der Waals surface area contributed by atoms with Crippen molar-refractivity contribution in [2.75, 3.05) is 13.1 Å². The van der Waals surface area contributed by atoms with E-state index in [2.05, 4.69) is 6.58 Å². The van der Waals surface area contributed by atoms with E-state index in [4.69, 9.17) is 5.73 Å². The van der Waals surface area contributed by atoms with E-state index < -0.39 is 6.04 Å². The molecule has 1 amide bonds. The van der Waals surface area contributed by atoms with Crippen LogP contribution >= 0.6 is 0 Å². The highest BCUT2D eigenvalue weighted by Gasteiger charge is 2.19. The van der Waals surface area contributed by atoms with Crippen LogP contribution in [0.3, 0.4) is 0 Å². The lowest BCUT2D eigenvalue weighted by atomic mass is 10.1. The minimum absolute atomic E-state index is 0.000558. The minimum atomic E-state index is -0.473. The van der Waals surface area contributed by atoms with Gasteiger partial charge in [-0.15, -0.1) is 6.58 Å². The number of amides is 1. The van der Waals surface area contributed by atoms with Crippen molar-refractivity contribution >= 4 is 5.91 Å². The fraction of sp³-hybridized carbons (Fsp3) is 0.400. The number of rotatable bonds is 7. The largest absolute Gasteiger partial charge is 0.338 e. The van der Waals surface area contributed by atoms with E-state index in [9.17, 15) is 4.79 Å². The summed E-state index contributed by atoms with van der Waals surface area (Å²) in [4.78, 5) is 13.9. The molecule has 0 aliphatic heterocycles. The molecule has 18 heavy (non-hydrogen) atoms. The van der Waals surface area contributed by atoms with Crippen LogP contribution in [-0.4, -0.2) is 29.9 Å². The molecule has 0 fully saturated rings. The topological polar surface area (TPSA) is 46.3 Å². The highest BCUT2D eigenvalue weighted by Crippen LogP contribution is 2.05. The summed E-state index contributed by atoms with van der Waals surface area (Å²) in [7, 11) is 0. The van der Waals surface area contributed by atoms with E-state index in [0.29, 0.717) is 13.0 Å². The number of carbonyl (C=O) groups excluding carboxylic acids is 1. The molecule has 0 aliphatic rings. The Balaban J connectivity index is 2.61. The van der Waals surface area contributed by atoms with E-state index in [1.165, 1.54) is 0 Å². The number of nitrogens with zero attached hydrogens (tertiary/aromatic N) is 1. The number of hydrogen-bond acceptors (Lipinski definition) is 2. The first-order valence-corrected chi connectivity index (χ1v) is 6.38. The molecule has 1 aromatic carbocycles. The molecule has 0 unspecified atom stereocenters. The smallest absolute Gasteiger partial charge is 0.240 e. The van der Waals surface area contributed by atoms with Gasteiger partial charge in [-0.05, 0) is 18.4 Å². The van der Waals surface area contributed by atoms with Crippen LogP contribution in [0.1, 0.15) is 18.9 Å². The van der Waals surface area contributed by atoms with E-state index >= 15 is 0 Å². The van der Waals surface area contributed by atoms with E-state index in [1.807, 2.05) is 37.3 Å². The monoisotopic (exact) mass is 246 g/mol. The summed E-state index contributed by atoms with van der Waals surface area (Å²) in [6.45, 7) is 7.02. The molecule has 98 valence electrons. The molecule has 0 heterocycles. The zero-order chi connectivity index (χ0) is 13.4. The molecule has 1 aromatic rings. The van der Waals surface area contributed by atoms with Crippen LogP contribution < -0.4 is 5.73 Å². The van der Waals surface area contributed by atoms with Crippen molar-refractivity contribution in [3.05, 3.63) is 48.6 Å². The average Bonchev–Trinajstić information content (AvgIpc) is 2.39. The van der Waals surface area contributed by atoms with Crippen molar-refractivity contribution in [3.63, 3.8) is 0 Å². The quantitative estimate of drug-likeness (QED) is 0.748. The van der Waals surface area contributed by atoms with Crippen LogP contribution in [-0.2, 0) is 11.2 Å². The molecule has 0 aliphatic carbocycles. The molecule has 1 atom stereocenters. The zero-order valence-electron chi connectivity index (χ0n) is 11.0. The van der Waals surface area contributed by atoms with E-state index in [0.717, 1.165) is 18.5 Å². The van der Waals surface area contributed by atoms with Gasteiger partial charge in [-0.1, -0.05) is 43.3 Å². The van der Waals surface area contributed by atoms with Crippen LogP contribution in [0, 0.1) is 0 Å². The van der Waals surface area contributed by atoms with Crippen LogP contribution in [0.4, 0.5) is 0 Å². The SMILES string of the molecule is C=CCN(CCC)C(=O)[C@H](N)Cc1ccccc1. The highest BCUT2D eigenvalue weighted by molar-refractivity contribution is 5.82. The van der Waals surface area contributed by atoms with E-state index in [1.54, 1.807) is 11.0 Å². The molecule has 0 bridgehead atoms. The van der Waals surface area contributed by atoms with Gasteiger partial charge >= 0.3 is 0 Å². The fourth-order valence-corrected chi connectivity index (χ4v) is 1.91. The molecule has 1 rings (SSSR count). The van der Waals surface area contributed by atoms with Gasteiger partial charge in [0.25, 0.3) is 0 Å². The minimum Gasteiger partial charge on any atom is -0.338 e. The Kier molecular flexibility index (Phi) is 6.15. The van der Waals surface area contributed by atoms with Crippen LogP contribution in [0.15, 0.2) is 43.0 Å². The lowest BCUT2D eigenvalue weighted by Crippen LogP contribution is -2.45. The summed E-state index contributed by atoms with van der Waals surface area (Å²) in [5.41, 5.74) is 7.08. The Morgan fingerprint density at radius 3 is 2.67 bits per heavy atom. The molecule has 0 radical (unpaired) electrons. The predicted octanol–water partition coefficient (Wildman–Crippen LogP) is 1.98. The van der Waals surface area contributed by atoms with Crippen molar-refractivity contribution in [1.29, 1.82) is 0 Å². The van der Waals surface area contributed by atoms with Gasteiger partial charge < -0.3 is 10.6 Å². The standard InChI is InChI=1S/C15H22N2O/c1-3-10-17(11-4-2)15(18)14(16)12-13-8-6-5-7-9-13/h3,5-9,14H,1,4,10-12,16H2,2H3/t14-/m1/s1. The van der Waals surface area contributed by atoms with Gasteiger partial charge in [0.1, 0.15) is 0 Å². The first-order chi connectivity index (χ1) is 8.69. The molecular weight excluding hydrogens is 224 g/mol. The first-order valence-electron chi connectivity index (χ1n) is 6.38. The lowest BCUT2D eigenvalue weighted by Gasteiger charge is -2.24. The third kappa shape index (κ3) is 4.34. The maximum Gasteiger partial charge on any atom is 0.240 e. The Hall–Kier alpha value is -1.61. The first kappa shape index (κ1) is 14.5. The van der Waals surface area contributed by atoms with Crippen LogP contribution in [0.2, 0.25) is 0 Å². The maximum absolute atomic E-state index is 12.2. The molecule has 2 N–H and O–H groups in total. The number of nitrogens with two attached hydrogens (primary N) is 1. The summed E-state index contributed by atoms with van der Waals surface area (Å²) in [6, 6.07) is 9.38. The summed E-state index contributed by atoms with van der Waals surface area (Å²) < 4.78 is 0. The maximum atomic E-state index is 12.2. The second-order valence-electron chi connectivity index (χ2n) is 4.37. The average molecular weight is 246 g/mol. The third-order valence-electron chi connectivity index (χ3n) is 2.77. The summed E-state index contributed by atoms with van der Waals surface area (Å²) in [5, 5.41) is 0. The normalized spacial score (nSPS) is 11.9. The predicted molar refractivity (Wildman–Crippen MR) is 75.2 cm³/mol.